The fraction of sp³-hybridized carbons (Fsp3) is 0.455. The smallest absolute Gasteiger partial charge is 0.268 e. The van der Waals surface area contributed by atoms with E-state index in [1.165, 1.54) is 0 Å². The maximum absolute atomic E-state index is 6.45. The van der Waals surface area contributed by atoms with E-state index in [4.69, 9.17) is 39.2 Å². The van der Waals surface area contributed by atoms with Crippen LogP contribution in [0.5, 0.6) is 0 Å². The molecule has 1 fully saturated rings. The number of likely N-dealkylation sites (tertiary alicyclic amines) is 1. The van der Waals surface area contributed by atoms with Gasteiger partial charge in [0.2, 0.25) is 5.89 Å². The number of benzene rings is 1. The highest BCUT2D eigenvalue weighted by atomic mass is 35.5. The van der Waals surface area contributed by atoms with Crippen LogP contribution in [-0.4, -0.2) is 52.0 Å². The van der Waals surface area contributed by atoms with Crippen molar-refractivity contribution >= 4 is 40.5 Å². The van der Waals surface area contributed by atoms with Crippen LogP contribution in [0.15, 0.2) is 22.6 Å². The summed E-state index contributed by atoms with van der Waals surface area (Å²) in [5.74, 6) is 1.38. The topological polar surface area (TPSA) is 71.2 Å². The van der Waals surface area contributed by atoms with E-state index in [1.54, 1.807) is 12.1 Å². The molecule has 0 bridgehead atoms. The van der Waals surface area contributed by atoms with E-state index < -0.39 is 0 Å². The van der Waals surface area contributed by atoms with Crippen LogP contribution >= 0.6 is 34.8 Å². The van der Waals surface area contributed by atoms with Gasteiger partial charge in [0.25, 0.3) is 5.89 Å². The normalized spacial score (nSPS) is 17.6. The summed E-state index contributed by atoms with van der Waals surface area (Å²) < 4.78 is 6.02. The zero-order valence-electron chi connectivity index (χ0n) is 17.7. The molecule has 1 saturated heterocycles. The third-order valence-corrected chi connectivity index (χ3v) is 7.44. The van der Waals surface area contributed by atoms with Gasteiger partial charge >= 0.3 is 0 Å². The molecule has 1 aromatic carbocycles. The van der Waals surface area contributed by atoms with Crippen LogP contribution in [-0.2, 0) is 13.0 Å². The minimum atomic E-state index is 0.293. The molecule has 4 heterocycles. The van der Waals surface area contributed by atoms with Crippen molar-refractivity contribution in [2.75, 3.05) is 31.6 Å². The van der Waals surface area contributed by atoms with Gasteiger partial charge in [-0.3, -0.25) is 0 Å². The van der Waals surface area contributed by atoms with E-state index in [9.17, 15) is 0 Å². The molecule has 0 N–H and O–H groups in total. The summed E-state index contributed by atoms with van der Waals surface area (Å²) in [5, 5.41) is 19.0. The molecule has 0 radical (unpaired) electrons. The maximum atomic E-state index is 6.45. The van der Waals surface area contributed by atoms with Gasteiger partial charge in [0.1, 0.15) is 0 Å². The highest BCUT2D eigenvalue weighted by Gasteiger charge is 2.26. The molecule has 5 rings (SSSR count). The molecular weight excluding hydrogens is 471 g/mol. The highest BCUT2D eigenvalue weighted by molar-refractivity contribution is 6.44. The van der Waals surface area contributed by atoms with E-state index in [2.05, 4.69) is 37.2 Å². The minimum absolute atomic E-state index is 0.293. The number of rotatable bonds is 4. The molecule has 0 atom stereocenters. The summed E-state index contributed by atoms with van der Waals surface area (Å²) >= 11 is 19.1. The number of anilines is 1. The summed E-state index contributed by atoms with van der Waals surface area (Å²) in [6, 6.07) is 5.45. The first kappa shape index (κ1) is 21.9. The lowest BCUT2D eigenvalue weighted by atomic mass is 9.97. The molecule has 0 unspecified atom stereocenters. The monoisotopic (exact) mass is 492 g/mol. The van der Waals surface area contributed by atoms with Crippen LogP contribution in [0.2, 0.25) is 15.1 Å². The van der Waals surface area contributed by atoms with Crippen molar-refractivity contribution in [1.82, 2.24) is 25.3 Å². The van der Waals surface area contributed by atoms with Crippen LogP contribution in [0.3, 0.4) is 0 Å². The summed E-state index contributed by atoms with van der Waals surface area (Å²) in [6.45, 7) is 3.44. The van der Waals surface area contributed by atoms with Crippen LogP contribution in [0.4, 0.5) is 5.69 Å². The van der Waals surface area contributed by atoms with E-state index in [1.807, 2.05) is 6.07 Å². The molecule has 168 valence electrons. The molecule has 0 saturated carbocycles. The number of halogens is 3. The van der Waals surface area contributed by atoms with Gasteiger partial charge in [-0.2, -0.15) is 5.10 Å². The van der Waals surface area contributed by atoms with Crippen molar-refractivity contribution in [2.24, 2.45) is 0 Å². The van der Waals surface area contributed by atoms with E-state index >= 15 is 0 Å². The molecule has 0 spiro atoms. The summed E-state index contributed by atoms with van der Waals surface area (Å²) in [6.07, 6.45) is 3.87. The Morgan fingerprint density at radius 2 is 1.78 bits per heavy atom. The lowest BCUT2D eigenvalue weighted by molar-refractivity contribution is 0.237. The van der Waals surface area contributed by atoms with Gasteiger partial charge in [0.05, 0.1) is 21.4 Å². The third kappa shape index (κ3) is 4.31. The fourth-order valence-electron chi connectivity index (χ4n) is 4.35. The number of hydrogen-bond donors (Lipinski definition) is 0. The number of piperidine rings is 1. The molecule has 3 aromatic rings. The Kier molecular flexibility index (Phi) is 6.25. The van der Waals surface area contributed by atoms with Crippen molar-refractivity contribution in [3.63, 3.8) is 0 Å². The average Bonchev–Trinajstić information content (AvgIpc) is 3.30. The lowest BCUT2D eigenvalue weighted by Crippen LogP contribution is -2.30. The third-order valence-electron chi connectivity index (χ3n) is 6.25. The number of hydrogen-bond acceptors (Lipinski definition) is 7. The average molecular weight is 494 g/mol. The van der Waals surface area contributed by atoms with E-state index in [-0.39, 0.29) is 0 Å². The second-order valence-corrected chi connectivity index (χ2v) is 9.62. The van der Waals surface area contributed by atoms with Crippen molar-refractivity contribution < 1.29 is 4.42 Å². The van der Waals surface area contributed by atoms with Crippen LogP contribution in [0.1, 0.15) is 42.3 Å². The SMILES string of the molecule is CN1CCC(c2nnc(-c3cc4c(nn3)CCCN4Cc3c(Cl)ccc(Cl)c3Cl)o2)CC1. The zero-order chi connectivity index (χ0) is 22.2. The lowest BCUT2D eigenvalue weighted by Gasteiger charge is -2.31. The number of fused-ring (bicyclic) bond motifs is 1. The van der Waals surface area contributed by atoms with E-state index in [0.717, 1.165) is 62.3 Å². The second-order valence-electron chi connectivity index (χ2n) is 8.43. The Hall–Kier alpha value is -1.93. The molecule has 10 heteroatoms. The molecule has 2 aliphatic rings. The highest BCUT2D eigenvalue weighted by Crippen LogP contribution is 2.36. The quantitative estimate of drug-likeness (QED) is 0.460. The van der Waals surface area contributed by atoms with Gasteiger partial charge in [-0.05, 0) is 64.0 Å². The number of nitrogens with zero attached hydrogens (tertiary/aromatic N) is 6. The first-order valence-electron chi connectivity index (χ1n) is 10.8. The first-order chi connectivity index (χ1) is 15.5. The predicted octanol–water partition coefficient (Wildman–Crippen LogP) is 5.25. The van der Waals surface area contributed by atoms with Gasteiger partial charge < -0.3 is 14.2 Å². The van der Waals surface area contributed by atoms with Gasteiger partial charge in [0.15, 0.2) is 5.69 Å². The molecule has 7 nitrogen and oxygen atoms in total. The molecule has 2 aliphatic heterocycles. The standard InChI is InChI=1S/C22H23Cl3N6O/c1-30-9-6-13(7-10-30)21-28-29-22(32-21)18-11-19-17(26-27-18)3-2-8-31(19)12-14-15(23)4-5-16(24)20(14)25/h4-5,11,13H,2-3,6-10,12H2,1H3. The van der Waals surface area contributed by atoms with Gasteiger partial charge in [-0.15, -0.1) is 15.3 Å². The molecule has 2 aromatic heterocycles. The zero-order valence-corrected chi connectivity index (χ0v) is 20.0. The van der Waals surface area contributed by atoms with Crippen LogP contribution in [0, 0.1) is 0 Å². The number of aryl methyl sites for hydroxylation is 1. The van der Waals surface area contributed by atoms with Gasteiger partial charge in [-0.25, -0.2) is 0 Å². The first-order valence-corrected chi connectivity index (χ1v) is 11.9. The van der Waals surface area contributed by atoms with Crippen molar-refractivity contribution in [2.45, 2.75) is 38.1 Å². The molecule has 0 aliphatic carbocycles. The van der Waals surface area contributed by atoms with Crippen molar-refractivity contribution in [1.29, 1.82) is 0 Å². The Balaban J connectivity index is 1.42. The summed E-state index contributed by atoms with van der Waals surface area (Å²) in [4.78, 5) is 4.52. The van der Waals surface area contributed by atoms with Crippen LogP contribution < -0.4 is 4.90 Å². The Morgan fingerprint density at radius 3 is 2.59 bits per heavy atom. The molecular formula is C22H23Cl3N6O. The van der Waals surface area contributed by atoms with Crippen molar-refractivity contribution in [3.05, 3.63) is 50.4 Å². The Morgan fingerprint density at radius 1 is 1.00 bits per heavy atom. The van der Waals surface area contributed by atoms with E-state index in [0.29, 0.717) is 45.0 Å². The van der Waals surface area contributed by atoms with Gasteiger partial charge in [-0.1, -0.05) is 34.8 Å². The summed E-state index contributed by atoms with van der Waals surface area (Å²) in [7, 11) is 2.13. The summed E-state index contributed by atoms with van der Waals surface area (Å²) in [5.41, 5.74) is 3.29. The number of aromatic nitrogens is 4. The molecule has 32 heavy (non-hydrogen) atoms. The maximum Gasteiger partial charge on any atom is 0.268 e. The molecule has 0 amide bonds. The minimum Gasteiger partial charge on any atom is -0.419 e. The fourth-order valence-corrected chi connectivity index (χ4v) is 5.02. The van der Waals surface area contributed by atoms with Gasteiger partial charge in [0, 0.05) is 29.6 Å². The van der Waals surface area contributed by atoms with Crippen molar-refractivity contribution in [3.8, 4) is 11.6 Å². The van der Waals surface area contributed by atoms with Crippen LogP contribution in [0.25, 0.3) is 11.6 Å². The predicted molar refractivity (Wildman–Crippen MR) is 126 cm³/mol. The second kappa shape index (κ2) is 9.14. The Labute approximate surface area is 201 Å². The Bertz CT molecular complexity index is 1130. The largest absolute Gasteiger partial charge is 0.419 e.